The molecular weight excluding hydrogens is 492 g/mol. The van der Waals surface area contributed by atoms with E-state index in [9.17, 15) is 9.90 Å². The minimum absolute atomic E-state index is 0.0279. The van der Waals surface area contributed by atoms with Crippen LogP contribution in [0.25, 0.3) is 0 Å². The fourth-order valence-corrected chi connectivity index (χ4v) is 7.30. The summed E-state index contributed by atoms with van der Waals surface area (Å²) in [4.78, 5) is 18.2. The Balaban J connectivity index is 1.32. The molecule has 2 fully saturated rings. The molecule has 0 atom stereocenters. The number of anilines is 1. The van der Waals surface area contributed by atoms with Crippen molar-refractivity contribution in [3.8, 4) is 5.75 Å². The van der Waals surface area contributed by atoms with Crippen LogP contribution in [0.3, 0.4) is 0 Å². The van der Waals surface area contributed by atoms with Crippen LogP contribution in [0.2, 0.25) is 0 Å². The second kappa shape index (κ2) is 16.4. The largest absolute Gasteiger partial charge is 0.507 e. The van der Waals surface area contributed by atoms with E-state index in [0.29, 0.717) is 17.2 Å². The zero-order valence-corrected chi connectivity index (χ0v) is 25.6. The lowest BCUT2D eigenvalue weighted by Gasteiger charge is -2.31. The highest BCUT2D eigenvalue weighted by molar-refractivity contribution is 6.27. The molecule has 4 nitrogen and oxygen atoms in total. The van der Waals surface area contributed by atoms with Crippen molar-refractivity contribution in [2.45, 2.75) is 154 Å². The van der Waals surface area contributed by atoms with Gasteiger partial charge in [0.2, 0.25) is 0 Å². The third-order valence-corrected chi connectivity index (χ3v) is 9.85. The Morgan fingerprint density at radius 1 is 0.725 bits per heavy atom. The summed E-state index contributed by atoms with van der Waals surface area (Å²) in [5.41, 5.74) is 2.89. The summed E-state index contributed by atoms with van der Waals surface area (Å²) >= 11 is 0. The van der Waals surface area contributed by atoms with Crippen LogP contribution in [-0.2, 0) is 0 Å². The Labute approximate surface area is 244 Å². The van der Waals surface area contributed by atoms with Crippen LogP contribution >= 0.6 is 0 Å². The van der Waals surface area contributed by atoms with Gasteiger partial charge in [0.25, 0.3) is 0 Å². The number of phenols is 1. The minimum atomic E-state index is -0.0279. The maximum atomic E-state index is 13.1. The van der Waals surface area contributed by atoms with Crippen molar-refractivity contribution >= 4 is 17.2 Å². The van der Waals surface area contributed by atoms with Crippen molar-refractivity contribution < 1.29 is 9.90 Å². The monoisotopic (exact) mass is 548 g/mol. The first kappa shape index (κ1) is 30.8. The van der Waals surface area contributed by atoms with Crippen LogP contribution in [0, 0.1) is 11.8 Å². The number of benzene rings is 1. The van der Waals surface area contributed by atoms with Crippen LogP contribution in [0.4, 0.5) is 5.69 Å². The van der Waals surface area contributed by atoms with Crippen LogP contribution in [-0.4, -0.2) is 28.7 Å². The SMILES string of the molecule is CCCCCCCC1CCC(N=C2C=CC(=O)c3c(NC4CCC(CCCCCCC)CC4)ccc(O)c32)CC1. The van der Waals surface area contributed by atoms with E-state index in [-0.39, 0.29) is 17.6 Å². The number of rotatable bonds is 15. The molecule has 3 aliphatic rings. The number of allylic oxidation sites excluding steroid dienone is 2. The summed E-state index contributed by atoms with van der Waals surface area (Å²) < 4.78 is 0. The third-order valence-electron chi connectivity index (χ3n) is 9.85. The first-order valence-corrected chi connectivity index (χ1v) is 17.0. The number of carbonyl (C=O) groups excluding carboxylic acids is 1. The molecule has 0 aromatic heterocycles. The number of aliphatic imine (C=N–C) groups is 1. The molecule has 0 radical (unpaired) electrons. The Morgan fingerprint density at radius 2 is 1.30 bits per heavy atom. The van der Waals surface area contributed by atoms with Crippen molar-refractivity contribution in [2.24, 2.45) is 16.8 Å². The molecule has 1 aromatic rings. The first-order valence-electron chi connectivity index (χ1n) is 17.0. The Hall–Kier alpha value is -2.10. The molecule has 0 saturated heterocycles. The van der Waals surface area contributed by atoms with Gasteiger partial charge in [-0.05, 0) is 87.5 Å². The molecule has 0 unspecified atom stereocenters. The van der Waals surface area contributed by atoms with Gasteiger partial charge in [0.15, 0.2) is 5.78 Å². The molecule has 4 rings (SSSR count). The molecule has 0 heterocycles. The summed E-state index contributed by atoms with van der Waals surface area (Å²) in [7, 11) is 0. The molecule has 222 valence electrons. The van der Waals surface area contributed by atoms with Crippen LogP contribution < -0.4 is 5.32 Å². The molecule has 0 bridgehead atoms. The lowest BCUT2D eigenvalue weighted by Crippen LogP contribution is -2.28. The second-order valence-corrected chi connectivity index (χ2v) is 13.0. The van der Waals surface area contributed by atoms with E-state index in [1.54, 1.807) is 12.1 Å². The summed E-state index contributed by atoms with van der Waals surface area (Å²) in [5.74, 6) is 1.84. The Bertz CT molecular complexity index is 981. The zero-order valence-electron chi connectivity index (χ0n) is 25.6. The van der Waals surface area contributed by atoms with Gasteiger partial charge in [0.1, 0.15) is 5.75 Å². The standard InChI is InChI=1S/C36H56N2O2/c1-3-5-7-9-11-13-27-15-19-29(20-16-27)37-31-23-25-34(40)36-32(24-26-33(39)35(31)36)38-30-21-17-28(18-22-30)14-12-10-8-6-4-2/h23-30,37,40H,3-22H2,1-2H3. The molecule has 0 amide bonds. The fraction of sp³-hybridized carbons (Fsp3) is 0.722. The highest BCUT2D eigenvalue weighted by atomic mass is 16.3. The molecule has 40 heavy (non-hydrogen) atoms. The fourth-order valence-electron chi connectivity index (χ4n) is 7.30. The van der Waals surface area contributed by atoms with Gasteiger partial charge in [-0.3, -0.25) is 9.79 Å². The number of fused-ring (bicyclic) bond motifs is 1. The molecule has 4 heteroatoms. The van der Waals surface area contributed by atoms with Gasteiger partial charge in [0, 0.05) is 11.7 Å². The maximum absolute atomic E-state index is 13.1. The third kappa shape index (κ3) is 8.95. The number of hydrogen-bond acceptors (Lipinski definition) is 4. The highest BCUT2D eigenvalue weighted by Crippen LogP contribution is 2.37. The number of phenolic OH excluding ortho intramolecular Hbond substituents is 1. The topological polar surface area (TPSA) is 61.7 Å². The van der Waals surface area contributed by atoms with E-state index in [2.05, 4.69) is 19.2 Å². The summed E-state index contributed by atoms with van der Waals surface area (Å²) in [6.07, 6.45) is 29.4. The molecule has 0 aliphatic heterocycles. The second-order valence-electron chi connectivity index (χ2n) is 13.0. The number of carbonyl (C=O) groups is 1. The number of ketones is 1. The molecule has 3 aliphatic carbocycles. The number of aromatic hydroxyl groups is 1. The smallest absolute Gasteiger partial charge is 0.188 e. The van der Waals surface area contributed by atoms with E-state index >= 15 is 0 Å². The van der Waals surface area contributed by atoms with Gasteiger partial charge in [0.05, 0.1) is 22.9 Å². The van der Waals surface area contributed by atoms with Crippen molar-refractivity contribution in [2.75, 3.05) is 5.32 Å². The first-order chi connectivity index (χ1) is 19.6. The van der Waals surface area contributed by atoms with Crippen molar-refractivity contribution in [1.29, 1.82) is 0 Å². The van der Waals surface area contributed by atoms with E-state index in [4.69, 9.17) is 4.99 Å². The van der Waals surface area contributed by atoms with Gasteiger partial charge in [-0.2, -0.15) is 0 Å². The normalized spacial score (nSPS) is 25.8. The zero-order chi connectivity index (χ0) is 28.2. The lowest BCUT2D eigenvalue weighted by atomic mass is 9.82. The number of unbranched alkanes of at least 4 members (excludes halogenated alkanes) is 8. The quantitative estimate of drug-likeness (QED) is 0.169. The van der Waals surface area contributed by atoms with E-state index < -0.39 is 0 Å². The Morgan fingerprint density at radius 3 is 1.90 bits per heavy atom. The van der Waals surface area contributed by atoms with Gasteiger partial charge in [-0.15, -0.1) is 0 Å². The Kier molecular flexibility index (Phi) is 12.6. The van der Waals surface area contributed by atoms with Crippen molar-refractivity contribution in [3.63, 3.8) is 0 Å². The average Bonchev–Trinajstić information content (AvgIpc) is 2.97. The molecular formula is C36H56N2O2. The maximum Gasteiger partial charge on any atom is 0.188 e. The summed E-state index contributed by atoms with van der Waals surface area (Å²) in [6, 6.07) is 4.32. The molecule has 2 N–H and O–H groups in total. The predicted molar refractivity (Wildman–Crippen MR) is 170 cm³/mol. The number of nitrogens with zero attached hydrogens (tertiary/aromatic N) is 1. The van der Waals surface area contributed by atoms with Gasteiger partial charge >= 0.3 is 0 Å². The van der Waals surface area contributed by atoms with E-state index in [1.165, 1.54) is 103 Å². The van der Waals surface area contributed by atoms with Crippen LogP contribution in [0.5, 0.6) is 5.75 Å². The molecule has 0 spiro atoms. The van der Waals surface area contributed by atoms with E-state index in [1.807, 2.05) is 12.1 Å². The van der Waals surface area contributed by atoms with Gasteiger partial charge in [-0.1, -0.05) is 90.9 Å². The van der Waals surface area contributed by atoms with E-state index in [0.717, 1.165) is 48.9 Å². The predicted octanol–water partition coefficient (Wildman–Crippen LogP) is 10.2. The molecule has 1 aromatic carbocycles. The van der Waals surface area contributed by atoms with Crippen molar-refractivity contribution in [1.82, 2.24) is 0 Å². The average molecular weight is 549 g/mol. The van der Waals surface area contributed by atoms with Crippen LogP contribution in [0.1, 0.15) is 158 Å². The minimum Gasteiger partial charge on any atom is -0.507 e. The lowest BCUT2D eigenvalue weighted by molar-refractivity contribution is 0.104. The van der Waals surface area contributed by atoms with Crippen LogP contribution in [0.15, 0.2) is 29.3 Å². The summed E-state index contributed by atoms with van der Waals surface area (Å²) in [5, 5.41) is 14.6. The molecule has 2 saturated carbocycles. The van der Waals surface area contributed by atoms with Gasteiger partial charge in [-0.25, -0.2) is 0 Å². The van der Waals surface area contributed by atoms with Gasteiger partial charge < -0.3 is 10.4 Å². The number of hydrogen-bond donors (Lipinski definition) is 2. The number of nitrogens with one attached hydrogen (secondary N) is 1. The highest BCUT2D eigenvalue weighted by Gasteiger charge is 2.29. The summed E-state index contributed by atoms with van der Waals surface area (Å²) in [6.45, 7) is 4.55. The van der Waals surface area contributed by atoms with Crippen molar-refractivity contribution in [3.05, 3.63) is 35.4 Å².